The highest BCUT2D eigenvalue weighted by molar-refractivity contribution is 5.91. The Hall–Kier alpha value is -1.96. The summed E-state index contributed by atoms with van der Waals surface area (Å²) in [4.78, 5) is 45.9. The molecule has 1 atom stereocenters. The molecule has 0 aromatic carbocycles. The van der Waals surface area contributed by atoms with Crippen molar-refractivity contribution in [3.05, 3.63) is 0 Å². The first-order valence-electron chi connectivity index (χ1n) is 5.80. The van der Waals surface area contributed by atoms with Crippen LogP contribution in [0.3, 0.4) is 0 Å². The van der Waals surface area contributed by atoms with E-state index < -0.39 is 23.8 Å². The third kappa shape index (κ3) is 7.14. The number of hydrogen-bond acceptors (Lipinski definition) is 5. The number of Topliss-reactive ketones (excluding diaryl/α,β-unsaturated/α-hetero) is 1. The smallest absolute Gasteiger partial charge is 0.240 e. The molecule has 0 saturated carbocycles. The number of carbonyl (C=O) groups is 4. The molecule has 19 heavy (non-hydrogen) atoms. The average molecular weight is 272 g/mol. The number of hydrogen-bond donors (Lipinski definition) is 3. The molecule has 3 amide bonds. The standard InChI is InChI=1S/C11H20N4O4/c1-7(16)5-15(6-10(13)18)11(19)8(14-2)3-4-9(12)17/h8,14H,3-6H2,1-2H3,(H2,12,17)(H2,13,18). The number of nitrogens with two attached hydrogens (primary N) is 2. The van der Waals surface area contributed by atoms with Crippen LogP contribution >= 0.6 is 0 Å². The number of carbonyl (C=O) groups excluding carboxylic acids is 4. The van der Waals surface area contributed by atoms with Gasteiger partial charge in [0.1, 0.15) is 5.78 Å². The van der Waals surface area contributed by atoms with Gasteiger partial charge in [0.2, 0.25) is 17.7 Å². The maximum atomic E-state index is 12.1. The van der Waals surface area contributed by atoms with Crippen LogP contribution in [0.25, 0.3) is 0 Å². The minimum Gasteiger partial charge on any atom is -0.370 e. The quantitative estimate of drug-likeness (QED) is 0.435. The van der Waals surface area contributed by atoms with Crippen LogP contribution in [0.1, 0.15) is 19.8 Å². The summed E-state index contributed by atoms with van der Waals surface area (Å²) in [7, 11) is 1.54. The molecule has 8 heteroatoms. The van der Waals surface area contributed by atoms with Gasteiger partial charge in [0.25, 0.3) is 0 Å². The molecular weight excluding hydrogens is 252 g/mol. The zero-order valence-corrected chi connectivity index (χ0v) is 11.1. The second-order valence-corrected chi connectivity index (χ2v) is 4.21. The van der Waals surface area contributed by atoms with Gasteiger partial charge >= 0.3 is 0 Å². The molecule has 5 N–H and O–H groups in total. The SMILES string of the molecule is CNC(CCC(N)=O)C(=O)N(CC(C)=O)CC(N)=O. The average Bonchev–Trinajstić information content (AvgIpc) is 2.27. The summed E-state index contributed by atoms with van der Waals surface area (Å²) in [5.74, 6) is -1.96. The molecule has 0 aliphatic heterocycles. The minimum absolute atomic E-state index is 0.0295. The Morgan fingerprint density at radius 1 is 1.11 bits per heavy atom. The fourth-order valence-corrected chi connectivity index (χ4v) is 1.57. The molecule has 0 spiro atoms. The summed E-state index contributed by atoms with van der Waals surface area (Å²) in [6, 6.07) is -0.689. The number of nitrogens with one attached hydrogen (secondary N) is 1. The topological polar surface area (TPSA) is 136 Å². The van der Waals surface area contributed by atoms with Crippen LogP contribution in [0.15, 0.2) is 0 Å². The second-order valence-electron chi connectivity index (χ2n) is 4.21. The Bertz CT molecular complexity index is 354. The van der Waals surface area contributed by atoms with Gasteiger partial charge in [-0.05, 0) is 20.4 Å². The van der Waals surface area contributed by atoms with Crippen LogP contribution in [0, 0.1) is 0 Å². The molecule has 8 nitrogen and oxygen atoms in total. The van der Waals surface area contributed by atoms with Crippen LogP contribution in [-0.4, -0.2) is 54.6 Å². The highest BCUT2D eigenvalue weighted by Gasteiger charge is 2.25. The van der Waals surface area contributed by atoms with Crippen molar-refractivity contribution >= 4 is 23.5 Å². The highest BCUT2D eigenvalue weighted by atomic mass is 16.2. The van der Waals surface area contributed by atoms with Crippen LogP contribution < -0.4 is 16.8 Å². The number of rotatable bonds is 9. The van der Waals surface area contributed by atoms with Crippen LogP contribution in [0.5, 0.6) is 0 Å². The molecular formula is C11H20N4O4. The van der Waals surface area contributed by atoms with Gasteiger partial charge in [0.05, 0.1) is 19.1 Å². The molecule has 0 saturated heterocycles. The van der Waals surface area contributed by atoms with Crippen molar-refractivity contribution in [3.8, 4) is 0 Å². The van der Waals surface area contributed by atoms with Crippen molar-refractivity contribution in [2.45, 2.75) is 25.8 Å². The molecule has 0 fully saturated rings. The zero-order valence-electron chi connectivity index (χ0n) is 11.1. The van der Waals surface area contributed by atoms with E-state index in [0.29, 0.717) is 0 Å². The van der Waals surface area contributed by atoms with E-state index in [0.717, 1.165) is 4.90 Å². The lowest BCUT2D eigenvalue weighted by Gasteiger charge is -2.25. The van der Waals surface area contributed by atoms with Gasteiger partial charge in [-0.15, -0.1) is 0 Å². The first kappa shape index (κ1) is 17.0. The summed E-state index contributed by atoms with van der Waals surface area (Å²) in [5.41, 5.74) is 10.0. The Balaban J connectivity index is 4.76. The van der Waals surface area contributed by atoms with E-state index in [1.165, 1.54) is 6.92 Å². The van der Waals surface area contributed by atoms with Gasteiger partial charge < -0.3 is 21.7 Å². The van der Waals surface area contributed by atoms with E-state index in [-0.39, 0.29) is 31.7 Å². The molecule has 0 aromatic rings. The van der Waals surface area contributed by atoms with Crippen molar-refractivity contribution in [3.63, 3.8) is 0 Å². The lowest BCUT2D eigenvalue weighted by Crippen LogP contribution is -2.49. The van der Waals surface area contributed by atoms with Crippen molar-refractivity contribution in [1.82, 2.24) is 10.2 Å². The molecule has 1 unspecified atom stereocenters. The summed E-state index contributed by atoms with van der Waals surface area (Å²) in [6.07, 6.45) is 0.222. The summed E-state index contributed by atoms with van der Waals surface area (Å²) in [5, 5.41) is 2.72. The predicted molar refractivity (Wildman–Crippen MR) is 67.7 cm³/mol. The first-order valence-corrected chi connectivity index (χ1v) is 5.80. The fourth-order valence-electron chi connectivity index (χ4n) is 1.57. The molecule has 0 rings (SSSR count). The van der Waals surface area contributed by atoms with Crippen LogP contribution in [0.2, 0.25) is 0 Å². The number of likely N-dealkylation sites (N-methyl/N-ethyl adjacent to an activating group) is 1. The molecule has 0 aliphatic rings. The largest absolute Gasteiger partial charge is 0.370 e. The Morgan fingerprint density at radius 2 is 1.68 bits per heavy atom. The summed E-state index contributed by atoms with van der Waals surface area (Å²) in [6.45, 7) is 0.767. The Morgan fingerprint density at radius 3 is 2.05 bits per heavy atom. The van der Waals surface area contributed by atoms with Crippen molar-refractivity contribution in [1.29, 1.82) is 0 Å². The Kier molecular flexibility index (Phi) is 7.35. The normalized spacial score (nSPS) is 11.7. The number of ketones is 1. The van der Waals surface area contributed by atoms with Gasteiger partial charge in [0.15, 0.2) is 0 Å². The van der Waals surface area contributed by atoms with Gasteiger partial charge in [-0.3, -0.25) is 19.2 Å². The zero-order chi connectivity index (χ0) is 15.0. The molecule has 0 aromatic heterocycles. The van der Waals surface area contributed by atoms with Crippen LogP contribution in [-0.2, 0) is 19.2 Å². The van der Waals surface area contributed by atoms with Gasteiger partial charge in [-0.25, -0.2) is 0 Å². The highest BCUT2D eigenvalue weighted by Crippen LogP contribution is 2.03. The molecule has 0 radical (unpaired) electrons. The lowest BCUT2D eigenvalue weighted by atomic mass is 10.1. The molecule has 0 heterocycles. The van der Waals surface area contributed by atoms with Gasteiger partial charge in [-0.2, -0.15) is 0 Å². The van der Waals surface area contributed by atoms with E-state index in [9.17, 15) is 19.2 Å². The van der Waals surface area contributed by atoms with E-state index in [1.54, 1.807) is 7.05 Å². The van der Waals surface area contributed by atoms with Crippen molar-refractivity contribution in [2.24, 2.45) is 11.5 Å². The number of primary amides is 2. The second kappa shape index (κ2) is 8.20. The molecule has 108 valence electrons. The maximum absolute atomic E-state index is 12.1. The van der Waals surface area contributed by atoms with Gasteiger partial charge in [0, 0.05) is 6.42 Å². The molecule has 0 bridgehead atoms. The fraction of sp³-hybridized carbons (Fsp3) is 0.636. The third-order valence-corrected chi connectivity index (χ3v) is 2.40. The monoisotopic (exact) mass is 272 g/mol. The van der Waals surface area contributed by atoms with Gasteiger partial charge in [-0.1, -0.05) is 0 Å². The van der Waals surface area contributed by atoms with E-state index in [4.69, 9.17) is 11.5 Å². The van der Waals surface area contributed by atoms with Crippen LogP contribution in [0.4, 0.5) is 0 Å². The third-order valence-electron chi connectivity index (χ3n) is 2.40. The Labute approximate surface area is 111 Å². The lowest BCUT2D eigenvalue weighted by molar-refractivity contribution is -0.139. The predicted octanol–water partition coefficient (Wildman–Crippen LogP) is -2.26. The van der Waals surface area contributed by atoms with E-state index in [2.05, 4.69) is 5.32 Å². The first-order chi connectivity index (χ1) is 8.77. The minimum atomic E-state index is -0.709. The van der Waals surface area contributed by atoms with Crippen molar-refractivity contribution in [2.75, 3.05) is 20.1 Å². The molecule has 0 aliphatic carbocycles. The van der Waals surface area contributed by atoms with E-state index in [1.807, 2.05) is 0 Å². The van der Waals surface area contributed by atoms with E-state index >= 15 is 0 Å². The van der Waals surface area contributed by atoms with Crippen molar-refractivity contribution < 1.29 is 19.2 Å². The maximum Gasteiger partial charge on any atom is 0.240 e. The number of amides is 3. The number of nitrogens with zero attached hydrogens (tertiary/aromatic N) is 1. The summed E-state index contributed by atoms with van der Waals surface area (Å²) >= 11 is 0. The summed E-state index contributed by atoms with van der Waals surface area (Å²) < 4.78 is 0.